The first-order chi connectivity index (χ1) is 14.1. The number of hydrogen-bond donors (Lipinski definition) is 1. The van der Waals surface area contributed by atoms with E-state index in [1.807, 2.05) is 37.3 Å². The molecule has 0 spiro atoms. The van der Waals surface area contributed by atoms with Crippen molar-refractivity contribution in [3.8, 4) is 11.5 Å². The maximum Gasteiger partial charge on any atom is 0.243 e. The minimum atomic E-state index is 0.310. The molecular weight excluding hydrogens is 413 g/mol. The highest BCUT2D eigenvalue weighted by molar-refractivity contribution is 6.31. The van der Waals surface area contributed by atoms with Crippen LogP contribution in [0.2, 0.25) is 10.0 Å². The van der Waals surface area contributed by atoms with Crippen LogP contribution in [0.3, 0.4) is 0 Å². The Bertz CT molecular complexity index is 977. The van der Waals surface area contributed by atoms with Gasteiger partial charge >= 0.3 is 0 Å². The molecule has 0 aliphatic carbocycles. The average molecular weight is 434 g/mol. The summed E-state index contributed by atoms with van der Waals surface area (Å²) in [6.07, 6.45) is 1.72. The summed E-state index contributed by atoms with van der Waals surface area (Å²) in [5.41, 5.74) is 1.71. The zero-order valence-corrected chi connectivity index (χ0v) is 17.5. The van der Waals surface area contributed by atoms with Crippen molar-refractivity contribution in [2.24, 2.45) is 0 Å². The summed E-state index contributed by atoms with van der Waals surface area (Å²) in [4.78, 5) is 0. The van der Waals surface area contributed by atoms with Gasteiger partial charge < -0.3 is 14.8 Å². The van der Waals surface area contributed by atoms with Crippen molar-refractivity contribution in [3.63, 3.8) is 0 Å². The molecule has 0 saturated carbocycles. The monoisotopic (exact) mass is 433 g/mol. The zero-order chi connectivity index (χ0) is 20.6. The van der Waals surface area contributed by atoms with Crippen LogP contribution in [0.5, 0.6) is 11.5 Å². The maximum absolute atomic E-state index is 6.48. The fourth-order valence-electron chi connectivity index (χ4n) is 2.62. The van der Waals surface area contributed by atoms with E-state index in [1.54, 1.807) is 16.8 Å². The number of nitrogens with zero attached hydrogens (tertiary/aromatic N) is 4. The predicted octanol–water partition coefficient (Wildman–Crippen LogP) is 4.76. The van der Waals surface area contributed by atoms with Crippen molar-refractivity contribution >= 4 is 29.2 Å². The van der Waals surface area contributed by atoms with Crippen LogP contribution in [-0.2, 0) is 19.7 Å². The van der Waals surface area contributed by atoms with Gasteiger partial charge in [-0.3, -0.25) is 0 Å². The number of halogens is 2. The van der Waals surface area contributed by atoms with E-state index in [1.165, 1.54) is 0 Å². The first kappa shape index (κ1) is 21.0. The number of aromatic nitrogens is 4. The van der Waals surface area contributed by atoms with Crippen molar-refractivity contribution < 1.29 is 9.47 Å². The molecule has 0 saturated heterocycles. The lowest BCUT2D eigenvalue weighted by atomic mass is 10.2. The van der Waals surface area contributed by atoms with Crippen LogP contribution in [0.4, 0.5) is 5.95 Å². The van der Waals surface area contributed by atoms with Crippen LogP contribution >= 0.6 is 23.2 Å². The number of nitrogens with one attached hydrogen (secondary N) is 1. The molecule has 9 heteroatoms. The van der Waals surface area contributed by atoms with Crippen molar-refractivity contribution in [2.45, 2.75) is 26.6 Å². The van der Waals surface area contributed by atoms with Crippen molar-refractivity contribution in [1.82, 2.24) is 20.2 Å². The molecule has 3 aromatic rings. The van der Waals surface area contributed by atoms with E-state index in [2.05, 4.69) is 27.4 Å². The summed E-state index contributed by atoms with van der Waals surface area (Å²) < 4.78 is 13.3. The van der Waals surface area contributed by atoms with Gasteiger partial charge in [0, 0.05) is 28.2 Å². The molecule has 1 aromatic heterocycles. The number of allylic oxidation sites excluding steroid dienone is 1. The third kappa shape index (κ3) is 5.40. The summed E-state index contributed by atoms with van der Waals surface area (Å²) in [5, 5.41) is 15.9. The summed E-state index contributed by atoms with van der Waals surface area (Å²) in [5.74, 6) is 1.68. The molecule has 0 fully saturated rings. The first-order valence-corrected chi connectivity index (χ1v) is 9.80. The molecule has 0 unspecified atom stereocenters. The smallest absolute Gasteiger partial charge is 0.243 e. The Balaban J connectivity index is 1.75. The van der Waals surface area contributed by atoms with Crippen molar-refractivity contribution in [3.05, 3.63) is 70.2 Å². The Labute approximate surface area is 179 Å². The second-order valence-corrected chi connectivity index (χ2v) is 6.84. The highest BCUT2D eigenvalue weighted by Gasteiger charge is 2.13. The summed E-state index contributed by atoms with van der Waals surface area (Å²) in [7, 11) is 0. The Kier molecular flexibility index (Phi) is 7.32. The number of benzene rings is 2. The fourth-order valence-corrected chi connectivity index (χ4v) is 3.03. The second-order valence-electron chi connectivity index (χ2n) is 6.03. The molecule has 1 N–H and O–H groups in total. The molecule has 0 atom stereocenters. The highest BCUT2D eigenvalue weighted by Crippen LogP contribution is 2.35. The Morgan fingerprint density at radius 2 is 1.90 bits per heavy atom. The van der Waals surface area contributed by atoms with Gasteiger partial charge in [-0.25, -0.2) is 4.68 Å². The number of hydrogen-bond acceptors (Lipinski definition) is 6. The minimum Gasteiger partial charge on any atom is -0.490 e. The van der Waals surface area contributed by atoms with Gasteiger partial charge in [0.2, 0.25) is 5.95 Å². The normalized spacial score (nSPS) is 10.6. The Morgan fingerprint density at radius 1 is 1.10 bits per heavy atom. The SMILES string of the molecule is C=CCn1nnnc1NCc1cc(OCC)c(OCc2ccccc2Cl)cc1Cl. The van der Waals surface area contributed by atoms with E-state index in [0.717, 1.165) is 11.1 Å². The summed E-state index contributed by atoms with van der Waals surface area (Å²) in [6, 6.07) is 11.1. The number of ether oxygens (including phenoxy) is 2. The Hall–Kier alpha value is -2.77. The van der Waals surface area contributed by atoms with Crippen LogP contribution in [0.15, 0.2) is 49.1 Å². The molecule has 7 nitrogen and oxygen atoms in total. The van der Waals surface area contributed by atoms with Gasteiger partial charge in [0.25, 0.3) is 0 Å². The molecule has 0 radical (unpaired) electrons. The molecule has 29 heavy (non-hydrogen) atoms. The van der Waals surface area contributed by atoms with Crippen LogP contribution < -0.4 is 14.8 Å². The van der Waals surface area contributed by atoms with E-state index in [-0.39, 0.29) is 0 Å². The third-order valence-corrected chi connectivity index (χ3v) is 4.75. The molecule has 0 bridgehead atoms. The predicted molar refractivity (Wildman–Crippen MR) is 114 cm³/mol. The standard InChI is InChI=1S/C20H21Cl2N5O2/c1-3-9-27-20(24-25-26-27)23-12-15-10-18(28-4-2)19(11-17(15)22)29-13-14-7-5-6-8-16(14)21/h3,5-8,10-11H,1,4,9,12-13H2,2H3,(H,23,24,26). The van der Waals surface area contributed by atoms with Gasteiger partial charge in [-0.05, 0) is 35.0 Å². The zero-order valence-electron chi connectivity index (χ0n) is 15.9. The van der Waals surface area contributed by atoms with Gasteiger partial charge in [-0.15, -0.1) is 6.58 Å². The molecule has 0 aliphatic heterocycles. The molecule has 3 rings (SSSR count). The topological polar surface area (TPSA) is 74.1 Å². The first-order valence-electron chi connectivity index (χ1n) is 9.04. The molecule has 0 amide bonds. The van der Waals surface area contributed by atoms with Crippen LogP contribution in [0.25, 0.3) is 0 Å². The molecular formula is C20H21Cl2N5O2. The van der Waals surface area contributed by atoms with E-state index >= 15 is 0 Å². The molecule has 1 heterocycles. The number of anilines is 1. The lowest BCUT2D eigenvalue weighted by Gasteiger charge is -2.16. The molecule has 152 valence electrons. The van der Waals surface area contributed by atoms with E-state index in [9.17, 15) is 0 Å². The lowest BCUT2D eigenvalue weighted by molar-refractivity contribution is 0.269. The number of rotatable bonds is 10. The molecule has 0 aliphatic rings. The fraction of sp³-hybridized carbons (Fsp3) is 0.250. The minimum absolute atomic E-state index is 0.310. The van der Waals surface area contributed by atoms with Gasteiger partial charge in [-0.2, -0.15) is 0 Å². The van der Waals surface area contributed by atoms with Crippen LogP contribution in [-0.4, -0.2) is 26.8 Å². The Morgan fingerprint density at radius 3 is 2.66 bits per heavy atom. The maximum atomic E-state index is 6.48. The largest absolute Gasteiger partial charge is 0.490 e. The number of tetrazole rings is 1. The van der Waals surface area contributed by atoms with Crippen LogP contribution in [0.1, 0.15) is 18.1 Å². The van der Waals surface area contributed by atoms with Crippen LogP contribution in [0, 0.1) is 0 Å². The van der Waals surface area contributed by atoms with E-state index in [0.29, 0.717) is 53.8 Å². The summed E-state index contributed by atoms with van der Waals surface area (Å²) >= 11 is 12.7. The van der Waals surface area contributed by atoms with E-state index in [4.69, 9.17) is 32.7 Å². The molecule has 2 aromatic carbocycles. The van der Waals surface area contributed by atoms with Gasteiger partial charge in [0.1, 0.15) is 6.61 Å². The van der Waals surface area contributed by atoms with Gasteiger partial charge in [0.05, 0.1) is 13.2 Å². The van der Waals surface area contributed by atoms with Gasteiger partial charge in [-0.1, -0.05) is 52.6 Å². The lowest BCUT2D eigenvalue weighted by Crippen LogP contribution is -2.09. The third-order valence-electron chi connectivity index (χ3n) is 4.02. The second kappa shape index (κ2) is 10.1. The summed E-state index contributed by atoms with van der Waals surface area (Å²) in [6.45, 7) is 7.33. The average Bonchev–Trinajstić information content (AvgIpc) is 3.15. The van der Waals surface area contributed by atoms with Crippen molar-refractivity contribution in [1.29, 1.82) is 0 Å². The van der Waals surface area contributed by atoms with Crippen molar-refractivity contribution in [2.75, 3.05) is 11.9 Å². The quantitative estimate of drug-likeness (QED) is 0.464. The highest BCUT2D eigenvalue weighted by atomic mass is 35.5. The van der Waals surface area contributed by atoms with Gasteiger partial charge in [0.15, 0.2) is 11.5 Å². The van der Waals surface area contributed by atoms with E-state index < -0.39 is 0 Å².